The zero-order valence-electron chi connectivity index (χ0n) is 15.7. The van der Waals surface area contributed by atoms with Crippen molar-refractivity contribution in [1.82, 2.24) is 5.32 Å². The number of nitrogens with one attached hydrogen (secondary N) is 1. The number of methoxy groups -OCH3 is 2. The van der Waals surface area contributed by atoms with Crippen molar-refractivity contribution in [3.05, 3.63) is 23.8 Å². The predicted octanol–water partition coefficient (Wildman–Crippen LogP) is 3.95. The number of carbonyl (C=O) groups excluding carboxylic acids is 1. The van der Waals surface area contributed by atoms with Gasteiger partial charge in [0.05, 0.1) is 19.6 Å². The van der Waals surface area contributed by atoms with Gasteiger partial charge in [0.15, 0.2) is 11.5 Å². The summed E-state index contributed by atoms with van der Waals surface area (Å²) in [7, 11) is 3.26. The molecule has 3 atom stereocenters. The van der Waals surface area contributed by atoms with Gasteiger partial charge in [-0.05, 0) is 47.8 Å². The highest BCUT2D eigenvalue weighted by molar-refractivity contribution is 9.09. The van der Waals surface area contributed by atoms with E-state index in [-0.39, 0.29) is 27.0 Å². The number of fused-ring (bicyclic) bond motifs is 1. The molecule has 1 amide bonds. The molecule has 0 aromatic heterocycles. The Kier molecular flexibility index (Phi) is 4.59. The summed E-state index contributed by atoms with van der Waals surface area (Å²) in [5.74, 6) is 1.63. The molecular weight excluding hydrogens is 382 g/mol. The van der Waals surface area contributed by atoms with E-state index in [1.54, 1.807) is 14.2 Å². The molecule has 25 heavy (non-hydrogen) atoms. The first kappa shape index (κ1) is 18.6. The first-order valence-electron chi connectivity index (χ1n) is 8.88. The van der Waals surface area contributed by atoms with E-state index in [9.17, 15) is 4.79 Å². The molecule has 1 N–H and O–H groups in total. The van der Waals surface area contributed by atoms with Gasteiger partial charge in [-0.1, -0.05) is 42.8 Å². The summed E-state index contributed by atoms with van der Waals surface area (Å²) in [5.41, 5.74) is 1.09. The van der Waals surface area contributed by atoms with E-state index in [2.05, 4.69) is 42.0 Å². The zero-order chi connectivity index (χ0) is 18.5. The van der Waals surface area contributed by atoms with Crippen LogP contribution in [0.5, 0.6) is 11.5 Å². The van der Waals surface area contributed by atoms with Gasteiger partial charge in [-0.3, -0.25) is 4.79 Å². The van der Waals surface area contributed by atoms with E-state index in [1.165, 1.54) is 0 Å². The molecule has 4 nitrogen and oxygen atoms in total. The SMILES string of the molecule is COc1ccc(CCNC(=O)C23CCC(C)(C2Br)C3(C)C)cc1OC. The molecule has 1 aromatic rings. The van der Waals surface area contributed by atoms with E-state index in [4.69, 9.17) is 9.47 Å². The number of alkyl halides is 1. The molecule has 138 valence electrons. The van der Waals surface area contributed by atoms with Gasteiger partial charge in [0, 0.05) is 11.4 Å². The Labute approximate surface area is 158 Å². The van der Waals surface area contributed by atoms with Crippen LogP contribution in [0, 0.1) is 16.2 Å². The van der Waals surface area contributed by atoms with E-state index in [0.717, 1.165) is 36.3 Å². The fraction of sp³-hybridized carbons (Fsp3) is 0.650. The van der Waals surface area contributed by atoms with Crippen molar-refractivity contribution in [3.63, 3.8) is 0 Å². The topological polar surface area (TPSA) is 47.6 Å². The van der Waals surface area contributed by atoms with Crippen molar-refractivity contribution in [2.24, 2.45) is 16.2 Å². The average Bonchev–Trinajstić information content (AvgIpc) is 3.01. The number of hydrogen-bond donors (Lipinski definition) is 1. The Morgan fingerprint density at radius 1 is 1.20 bits per heavy atom. The van der Waals surface area contributed by atoms with E-state index < -0.39 is 0 Å². The van der Waals surface area contributed by atoms with Gasteiger partial charge >= 0.3 is 0 Å². The van der Waals surface area contributed by atoms with Crippen LogP contribution in [0.3, 0.4) is 0 Å². The van der Waals surface area contributed by atoms with Crippen molar-refractivity contribution >= 4 is 21.8 Å². The second-order valence-electron chi connectivity index (χ2n) is 8.07. The van der Waals surface area contributed by atoms with Crippen LogP contribution in [-0.4, -0.2) is 31.5 Å². The van der Waals surface area contributed by atoms with E-state index in [0.29, 0.717) is 6.54 Å². The van der Waals surface area contributed by atoms with Crippen molar-refractivity contribution in [2.75, 3.05) is 20.8 Å². The van der Waals surface area contributed by atoms with E-state index in [1.807, 2.05) is 18.2 Å². The normalized spacial score (nSPS) is 32.0. The highest BCUT2D eigenvalue weighted by atomic mass is 79.9. The fourth-order valence-electron chi connectivity index (χ4n) is 4.97. The largest absolute Gasteiger partial charge is 0.493 e. The minimum atomic E-state index is -0.278. The average molecular weight is 410 g/mol. The molecule has 0 aliphatic heterocycles. The number of carbonyl (C=O) groups is 1. The van der Waals surface area contributed by atoms with E-state index >= 15 is 0 Å². The summed E-state index contributed by atoms with van der Waals surface area (Å²) in [6.45, 7) is 7.41. The van der Waals surface area contributed by atoms with Crippen LogP contribution in [0.2, 0.25) is 0 Å². The monoisotopic (exact) mass is 409 g/mol. The summed E-state index contributed by atoms with van der Waals surface area (Å²) >= 11 is 3.82. The van der Waals surface area contributed by atoms with Crippen LogP contribution in [0.15, 0.2) is 18.2 Å². The van der Waals surface area contributed by atoms with Crippen LogP contribution in [0.25, 0.3) is 0 Å². The summed E-state index contributed by atoms with van der Waals surface area (Å²) in [4.78, 5) is 13.3. The van der Waals surface area contributed by atoms with Gasteiger partial charge in [0.2, 0.25) is 5.91 Å². The number of halogens is 1. The molecule has 3 saturated carbocycles. The molecule has 0 saturated heterocycles. The predicted molar refractivity (Wildman–Crippen MR) is 103 cm³/mol. The number of rotatable bonds is 6. The Bertz CT molecular complexity index is 690. The maximum atomic E-state index is 13.0. The molecule has 3 aliphatic carbocycles. The summed E-state index contributed by atoms with van der Waals surface area (Å²) in [6, 6.07) is 5.89. The van der Waals surface area contributed by atoms with Crippen LogP contribution >= 0.6 is 15.9 Å². The van der Waals surface area contributed by atoms with Crippen molar-refractivity contribution < 1.29 is 14.3 Å². The minimum Gasteiger partial charge on any atom is -0.493 e. The fourth-order valence-corrected chi connectivity index (χ4v) is 6.78. The lowest BCUT2D eigenvalue weighted by atomic mass is 9.43. The standard InChI is InChI=1S/C20H28BrNO3/c1-18(2)19(3)9-10-20(18,16(19)21)17(23)22-11-8-13-6-7-14(24-4)15(12-13)25-5/h6-7,12,16H,8-11H2,1-5H3,(H,22,23). The molecule has 2 bridgehead atoms. The summed E-state index contributed by atoms with van der Waals surface area (Å²) in [6.07, 6.45) is 2.85. The Morgan fingerprint density at radius 2 is 1.88 bits per heavy atom. The molecule has 3 aliphatic rings. The zero-order valence-corrected chi connectivity index (χ0v) is 17.3. The lowest BCUT2D eigenvalue weighted by molar-refractivity contribution is -0.161. The van der Waals surface area contributed by atoms with Crippen LogP contribution in [0.4, 0.5) is 0 Å². The van der Waals surface area contributed by atoms with Gasteiger partial charge in [-0.15, -0.1) is 0 Å². The third kappa shape index (κ3) is 2.34. The van der Waals surface area contributed by atoms with Crippen LogP contribution in [-0.2, 0) is 11.2 Å². The molecule has 4 rings (SSSR count). The van der Waals surface area contributed by atoms with Gasteiger partial charge in [-0.2, -0.15) is 0 Å². The molecule has 3 unspecified atom stereocenters. The summed E-state index contributed by atoms with van der Waals surface area (Å²) in [5, 5.41) is 3.18. The molecule has 1 aromatic carbocycles. The smallest absolute Gasteiger partial charge is 0.227 e. The molecule has 0 radical (unpaired) electrons. The van der Waals surface area contributed by atoms with Gasteiger partial charge in [0.1, 0.15) is 0 Å². The van der Waals surface area contributed by atoms with Crippen LogP contribution < -0.4 is 14.8 Å². The van der Waals surface area contributed by atoms with Gasteiger partial charge in [0.25, 0.3) is 0 Å². The third-order valence-electron chi connectivity index (χ3n) is 7.13. The van der Waals surface area contributed by atoms with Crippen molar-refractivity contribution in [3.8, 4) is 11.5 Å². The summed E-state index contributed by atoms with van der Waals surface area (Å²) < 4.78 is 10.6. The highest BCUT2D eigenvalue weighted by Crippen LogP contribution is 2.79. The maximum absolute atomic E-state index is 13.0. The quantitative estimate of drug-likeness (QED) is 0.723. The van der Waals surface area contributed by atoms with Crippen molar-refractivity contribution in [1.29, 1.82) is 0 Å². The number of ether oxygens (including phenoxy) is 2. The Morgan fingerprint density at radius 3 is 2.40 bits per heavy atom. The molecule has 0 heterocycles. The molecule has 5 heteroatoms. The first-order valence-corrected chi connectivity index (χ1v) is 9.79. The lowest BCUT2D eigenvalue weighted by Gasteiger charge is -2.64. The van der Waals surface area contributed by atoms with Gasteiger partial charge in [-0.25, -0.2) is 0 Å². The van der Waals surface area contributed by atoms with Gasteiger partial charge < -0.3 is 14.8 Å². The second-order valence-corrected chi connectivity index (χ2v) is 8.99. The Hall–Kier alpha value is -1.23. The highest BCUT2D eigenvalue weighted by Gasteiger charge is 2.79. The number of amides is 1. The third-order valence-corrected chi connectivity index (χ3v) is 8.92. The number of benzene rings is 1. The molecule has 3 fully saturated rings. The second kappa shape index (κ2) is 6.19. The minimum absolute atomic E-state index is 0.0293. The first-order chi connectivity index (χ1) is 11.7. The molecule has 0 spiro atoms. The lowest BCUT2D eigenvalue weighted by Crippen LogP contribution is -2.69. The maximum Gasteiger partial charge on any atom is 0.227 e. The van der Waals surface area contributed by atoms with Crippen molar-refractivity contribution in [2.45, 2.75) is 44.9 Å². The van der Waals surface area contributed by atoms with Crippen LogP contribution in [0.1, 0.15) is 39.2 Å². The number of hydrogen-bond acceptors (Lipinski definition) is 3. The Balaban J connectivity index is 1.63. The molecular formula is C20H28BrNO3.